The Balaban J connectivity index is 1.83. The van der Waals surface area contributed by atoms with Crippen LogP contribution >= 0.6 is 11.3 Å². The molecule has 0 saturated heterocycles. The maximum absolute atomic E-state index is 4.83. The van der Waals surface area contributed by atoms with Crippen LogP contribution in [0.25, 0.3) is 22.3 Å². The van der Waals surface area contributed by atoms with E-state index < -0.39 is 0 Å². The molecule has 0 saturated carbocycles. The molecule has 3 aromatic heterocycles. The summed E-state index contributed by atoms with van der Waals surface area (Å²) < 4.78 is 0. The third-order valence-corrected chi connectivity index (χ3v) is 4.60. The molecule has 0 spiro atoms. The number of aromatic nitrogens is 3. The van der Waals surface area contributed by atoms with Crippen LogP contribution in [0.5, 0.6) is 0 Å². The van der Waals surface area contributed by atoms with Gasteiger partial charge in [0.05, 0.1) is 5.52 Å². The summed E-state index contributed by atoms with van der Waals surface area (Å²) in [6.45, 7) is 0.816. The maximum atomic E-state index is 4.83. The Morgan fingerprint density at radius 1 is 1.04 bits per heavy atom. The molecular weight excluding hydrogens is 316 g/mol. The Labute approximate surface area is 144 Å². The molecule has 0 fully saturated rings. The van der Waals surface area contributed by atoms with Crippen molar-refractivity contribution in [3.8, 4) is 11.4 Å². The van der Waals surface area contributed by atoms with E-state index in [9.17, 15) is 0 Å². The van der Waals surface area contributed by atoms with Gasteiger partial charge in [0.1, 0.15) is 5.82 Å². The van der Waals surface area contributed by atoms with Gasteiger partial charge in [0.2, 0.25) is 0 Å². The molecule has 0 amide bonds. The second-order valence-corrected chi connectivity index (χ2v) is 6.40. The summed E-state index contributed by atoms with van der Waals surface area (Å²) in [5.41, 5.74) is 3.15. The van der Waals surface area contributed by atoms with E-state index in [1.165, 1.54) is 5.56 Å². The number of nitrogens with zero attached hydrogens (tertiary/aromatic N) is 4. The molecule has 24 heavy (non-hydrogen) atoms. The van der Waals surface area contributed by atoms with Gasteiger partial charge in [-0.25, -0.2) is 9.97 Å². The number of benzene rings is 1. The monoisotopic (exact) mass is 332 g/mol. The van der Waals surface area contributed by atoms with E-state index in [1.54, 1.807) is 23.7 Å². The summed E-state index contributed by atoms with van der Waals surface area (Å²) in [6, 6.07) is 14.2. The number of hydrogen-bond acceptors (Lipinski definition) is 5. The Morgan fingerprint density at radius 2 is 1.96 bits per heavy atom. The number of fused-ring (bicyclic) bond motifs is 1. The van der Waals surface area contributed by atoms with E-state index in [-0.39, 0.29) is 0 Å². The highest BCUT2D eigenvalue weighted by Gasteiger charge is 2.13. The normalized spacial score (nSPS) is 10.9. The van der Waals surface area contributed by atoms with Gasteiger partial charge in [0.15, 0.2) is 5.82 Å². The number of hydrogen-bond donors (Lipinski definition) is 0. The van der Waals surface area contributed by atoms with E-state index in [2.05, 4.69) is 39.8 Å². The average molecular weight is 332 g/mol. The molecule has 0 aliphatic rings. The van der Waals surface area contributed by atoms with Crippen LogP contribution in [0.1, 0.15) is 5.56 Å². The molecule has 0 aliphatic carbocycles. The number of para-hydroxylation sites is 1. The first-order chi connectivity index (χ1) is 11.8. The first-order valence-corrected chi connectivity index (χ1v) is 8.65. The smallest absolute Gasteiger partial charge is 0.163 e. The molecule has 1 aromatic carbocycles. The Hall–Kier alpha value is -2.79. The van der Waals surface area contributed by atoms with Crippen molar-refractivity contribution in [1.29, 1.82) is 0 Å². The van der Waals surface area contributed by atoms with Crippen LogP contribution in [0.4, 0.5) is 5.82 Å². The van der Waals surface area contributed by atoms with E-state index in [0.717, 1.165) is 28.8 Å². The Morgan fingerprint density at radius 3 is 2.75 bits per heavy atom. The highest BCUT2D eigenvalue weighted by Crippen LogP contribution is 2.27. The number of pyridine rings is 1. The fraction of sp³-hybridized carbons (Fsp3) is 0.105. The standard InChI is InChI=1S/C19H16N4S/c1-23(12-14-8-10-24-13-14)19-16-6-2-3-7-17(16)21-18(22-19)15-5-4-9-20-11-15/h2-11,13H,12H2,1H3. The lowest BCUT2D eigenvalue weighted by molar-refractivity contribution is 0.905. The largest absolute Gasteiger partial charge is 0.355 e. The number of rotatable bonds is 4. The van der Waals surface area contributed by atoms with E-state index in [4.69, 9.17) is 9.97 Å². The number of anilines is 1. The van der Waals surface area contributed by atoms with Crippen molar-refractivity contribution in [2.45, 2.75) is 6.54 Å². The van der Waals surface area contributed by atoms with Gasteiger partial charge in [-0.2, -0.15) is 11.3 Å². The molecule has 0 bridgehead atoms. The van der Waals surface area contributed by atoms with Gasteiger partial charge in [-0.05, 0) is 46.7 Å². The highest BCUT2D eigenvalue weighted by molar-refractivity contribution is 7.07. The van der Waals surface area contributed by atoms with Crippen LogP contribution in [0, 0.1) is 0 Å². The van der Waals surface area contributed by atoms with Gasteiger partial charge in [-0.3, -0.25) is 4.98 Å². The third-order valence-electron chi connectivity index (χ3n) is 3.86. The summed E-state index contributed by atoms with van der Waals surface area (Å²) in [7, 11) is 2.07. The summed E-state index contributed by atoms with van der Waals surface area (Å²) in [4.78, 5) is 15.9. The van der Waals surface area contributed by atoms with Gasteiger partial charge in [0, 0.05) is 36.9 Å². The minimum absolute atomic E-state index is 0.703. The second-order valence-electron chi connectivity index (χ2n) is 5.62. The van der Waals surface area contributed by atoms with Crippen molar-refractivity contribution < 1.29 is 0 Å². The molecular formula is C19H16N4S. The van der Waals surface area contributed by atoms with E-state index in [0.29, 0.717) is 5.82 Å². The molecule has 3 heterocycles. The van der Waals surface area contributed by atoms with Crippen LogP contribution in [-0.2, 0) is 6.54 Å². The Kier molecular flexibility index (Phi) is 3.92. The fourth-order valence-electron chi connectivity index (χ4n) is 2.71. The molecule has 0 unspecified atom stereocenters. The lowest BCUT2D eigenvalue weighted by Gasteiger charge is -2.20. The summed E-state index contributed by atoms with van der Waals surface area (Å²) in [5.74, 6) is 1.64. The molecule has 0 N–H and O–H groups in total. The minimum atomic E-state index is 0.703. The van der Waals surface area contributed by atoms with Crippen molar-refractivity contribution in [2.75, 3.05) is 11.9 Å². The third kappa shape index (κ3) is 2.86. The first-order valence-electron chi connectivity index (χ1n) is 7.70. The number of thiophene rings is 1. The van der Waals surface area contributed by atoms with E-state index in [1.807, 2.05) is 30.3 Å². The quantitative estimate of drug-likeness (QED) is 0.556. The van der Waals surface area contributed by atoms with Crippen molar-refractivity contribution in [3.63, 3.8) is 0 Å². The molecule has 4 nitrogen and oxygen atoms in total. The predicted molar refractivity (Wildman–Crippen MR) is 99.2 cm³/mol. The molecule has 0 aliphatic heterocycles. The van der Waals surface area contributed by atoms with Gasteiger partial charge in [0.25, 0.3) is 0 Å². The van der Waals surface area contributed by atoms with Gasteiger partial charge < -0.3 is 4.90 Å². The SMILES string of the molecule is CN(Cc1ccsc1)c1nc(-c2cccnc2)nc2ccccc12. The maximum Gasteiger partial charge on any atom is 0.163 e. The van der Waals surface area contributed by atoms with Crippen LogP contribution < -0.4 is 4.90 Å². The average Bonchev–Trinajstić information content (AvgIpc) is 3.14. The van der Waals surface area contributed by atoms with Gasteiger partial charge in [-0.1, -0.05) is 12.1 Å². The van der Waals surface area contributed by atoms with Gasteiger partial charge in [-0.15, -0.1) is 0 Å². The van der Waals surface area contributed by atoms with Crippen molar-refractivity contribution in [2.24, 2.45) is 0 Å². The van der Waals surface area contributed by atoms with Crippen LogP contribution in [0.3, 0.4) is 0 Å². The highest BCUT2D eigenvalue weighted by atomic mass is 32.1. The van der Waals surface area contributed by atoms with Crippen LogP contribution in [0.2, 0.25) is 0 Å². The van der Waals surface area contributed by atoms with E-state index >= 15 is 0 Å². The van der Waals surface area contributed by atoms with Crippen LogP contribution in [0.15, 0.2) is 65.6 Å². The zero-order valence-corrected chi connectivity index (χ0v) is 14.1. The minimum Gasteiger partial charge on any atom is -0.355 e. The van der Waals surface area contributed by atoms with Crippen LogP contribution in [-0.4, -0.2) is 22.0 Å². The zero-order valence-electron chi connectivity index (χ0n) is 13.3. The topological polar surface area (TPSA) is 41.9 Å². The van der Waals surface area contributed by atoms with Crippen molar-refractivity contribution >= 4 is 28.1 Å². The van der Waals surface area contributed by atoms with Crippen molar-refractivity contribution in [3.05, 3.63) is 71.2 Å². The zero-order chi connectivity index (χ0) is 16.4. The molecule has 5 heteroatoms. The Bertz CT molecular complexity index is 952. The first kappa shape index (κ1) is 14.8. The molecule has 4 aromatic rings. The molecule has 118 valence electrons. The van der Waals surface area contributed by atoms with Gasteiger partial charge >= 0.3 is 0 Å². The predicted octanol–water partition coefficient (Wildman–Crippen LogP) is 4.39. The summed E-state index contributed by atoms with van der Waals surface area (Å²) >= 11 is 1.71. The second kappa shape index (κ2) is 6.37. The molecule has 4 rings (SSSR count). The lowest BCUT2D eigenvalue weighted by atomic mass is 10.2. The molecule has 0 radical (unpaired) electrons. The fourth-order valence-corrected chi connectivity index (χ4v) is 3.37. The van der Waals surface area contributed by atoms with Crippen molar-refractivity contribution in [1.82, 2.24) is 15.0 Å². The lowest BCUT2D eigenvalue weighted by Crippen LogP contribution is -2.18. The molecule has 0 atom stereocenters. The summed E-state index contributed by atoms with van der Waals surface area (Å²) in [6.07, 6.45) is 3.56. The summed E-state index contributed by atoms with van der Waals surface area (Å²) in [5, 5.41) is 5.33.